The molecular weight excluding hydrogens is 1060 g/mol. The van der Waals surface area contributed by atoms with Crippen molar-refractivity contribution in [2.24, 2.45) is 11.8 Å². The molecule has 2 unspecified atom stereocenters. The van der Waals surface area contributed by atoms with E-state index < -0.39 is 23.9 Å². The standard InChI is InChI=1S/C68H124N6O10/c1-23-25-34-50(60(80)74(47-58(78)83-53-41-65(11,12)71(21)66(13,14)42-53)48-59(79)84-54-43-67(15,16)72(22)68(17,18)44-54)35-31-30-33-49(24-2)32-28-26-27-29-36-55(75)73(45-56(76)81-51-37-61(3,4)69(19)62(5,6)38-51)46-57(77)82-52-39-63(7,8)70(20)64(9,10)40-52/h49-54H,23-48H2,1-22H3. The van der Waals surface area contributed by atoms with Gasteiger partial charge in [-0.2, -0.15) is 0 Å². The van der Waals surface area contributed by atoms with E-state index in [1.54, 1.807) is 0 Å². The lowest BCUT2D eigenvalue weighted by Gasteiger charge is -2.53. The SMILES string of the molecule is CCCCC(CCCCC(CC)CCCCCCC(=O)N(CC(=O)OC1CC(C)(C)N(C)C(C)(C)C1)CC(=O)OC1CC(C)(C)N(C)C(C)(C)C1)C(=O)N(CC(=O)OC1CC(C)(C)N(C)C(C)(C)C1)CC(=O)OC1CC(C)(C)N(C)C(C)(C)C1. The molecule has 0 saturated carbocycles. The van der Waals surface area contributed by atoms with Crippen molar-refractivity contribution in [2.75, 3.05) is 54.4 Å². The molecule has 0 aromatic rings. The minimum absolute atomic E-state index is 0.180. The lowest BCUT2D eigenvalue weighted by atomic mass is 9.78. The zero-order chi connectivity index (χ0) is 63.6. The van der Waals surface area contributed by atoms with Crippen molar-refractivity contribution in [3.8, 4) is 0 Å². The minimum Gasteiger partial charge on any atom is -0.461 e. The fourth-order valence-corrected chi connectivity index (χ4v) is 15.1. The maximum Gasteiger partial charge on any atom is 0.325 e. The zero-order valence-electron chi connectivity index (χ0n) is 57.6. The number of esters is 4. The van der Waals surface area contributed by atoms with Gasteiger partial charge in [0.2, 0.25) is 11.8 Å². The van der Waals surface area contributed by atoms with E-state index in [0.29, 0.717) is 76.5 Å². The Hall–Kier alpha value is -3.34. The van der Waals surface area contributed by atoms with Crippen molar-refractivity contribution in [1.82, 2.24) is 29.4 Å². The Bertz CT molecular complexity index is 2000. The molecule has 16 heteroatoms. The Kier molecular flexibility index (Phi) is 25.9. The summed E-state index contributed by atoms with van der Waals surface area (Å²) in [6, 6.07) is 0. The van der Waals surface area contributed by atoms with Crippen molar-refractivity contribution >= 4 is 35.7 Å². The van der Waals surface area contributed by atoms with Crippen LogP contribution in [-0.4, -0.2) is 188 Å². The first kappa shape index (κ1) is 73.1. The number of nitrogens with zero attached hydrogens (tertiary/aromatic N) is 6. The lowest BCUT2D eigenvalue weighted by Crippen LogP contribution is -2.60. The van der Waals surface area contributed by atoms with E-state index in [9.17, 15) is 28.8 Å². The van der Waals surface area contributed by atoms with Gasteiger partial charge >= 0.3 is 23.9 Å². The second-order valence-electron chi connectivity index (χ2n) is 31.6. The van der Waals surface area contributed by atoms with E-state index >= 15 is 0 Å². The highest BCUT2D eigenvalue weighted by Gasteiger charge is 2.49. The third-order valence-electron chi connectivity index (χ3n) is 21.2. The van der Waals surface area contributed by atoms with Gasteiger partial charge in [0.25, 0.3) is 0 Å². The summed E-state index contributed by atoms with van der Waals surface area (Å²) >= 11 is 0. The predicted octanol–water partition coefficient (Wildman–Crippen LogP) is 12.2. The molecule has 4 fully saturated rings. The van der Waals surface area contributed by atoms with Crippen molar-refractivity contribution in [3.63, 3.8) is 0 Å². The Labute approximate surface area is 511 Å². The van der Waals surface area contributed by atoms with Crippen LogP contribution in [0.2, 0.25) is 0 Å². The number of unbranched alkanes of at least 4 members (excludes halogenated alkanes) is 5. The van der Waals surface area contributed by atoms with Crippen LogP contribution >= 0.6 is 0 Å². The van der Waals surface area contributed by atoms with E-state index in [0.717, 1.165) is 64.2 Å². The van der Waals surface area contributed by atoms with Crippen LogP contribution in [0.1, 0.15) is 266 Å². The number of likely N-dealkylation sites (tertiary alicyclic amines) is 4. The molecule has 4 heterocycles. The predicted molar refractivity (Wildman–Crippen MR) is 336 cm³/mol. The highest BCUT2D eigenvalue weighted by molar-refractivity contribution is 5.88. The van der Waals surface area contributed by atoms with Gasteiger partial charge < -0.3 is 28.7 Å². The van der Waals surface area contributed by atoms with Crippen molar-refractivity contribution < 1.29 is 47.7 Å². The number of amides is 2. The van der Waals surface area contributed by atoms with Gasteiger partial charge in [-0.15, -0.1) is 0 Å². The molecule has 0 aliphatic carbocycles. The molecule has 4 aliphatic rings. The molecule has 0 bridgehead atoms. The number of hydrogen-bond acceptors (Lipinski definition) is 14. The first-order valence-electron chi connectivity index (χ1n) is 32.9. The molecule has 0 aromatic carbocycles. The summed E-state index contributed by atoms with van der Waals surface area (Å²) in [5.41, 5.74) is -1.52. The molecule has 0 N–H and O–H groups in total. The van der Waals surface area contributed by atoms with Crippen LogP contribution < -0.4 is 0 Å². The van der Waals surface area contributed by atoms with Gasteiger partial charge in [0, 0.05) is 108 Å². The van der Waals surface area contributed by atoms with E-state index in [1.807, 2.05) is 0 Å². The molecule has 0 aromatic heterocycles. The highest BCUT2D eigenvalue weighted by atomic mass is 16.6. The fraction of sp³-hybridized carbons (Fsp3) is 0.912. The van der Waals surface area contributed by atoms with Gasteiger partial charge in [-0.3, -0.25) is 48.4 Å². The molecule has 4 rings (SSSR count). The van der Waals surface area contributed by atoms with Crippen LogP contribution in [0.5, 0.6) is 0 Å². The molecule has 0 spiro atoms. The summed E-state index contributed by atoms with van der Waals surface area (Å²) in [6.45, 7) is 37.7. The topological polar surface area (TPSA) is 159 Å². The average Bonchev–Trinajstić information content (AvgIpc) is 2.70. The first-order chi connectivity index (χ1) is 38.6. The van der Waals surface area contributed by atoms with E-state index in [4.69, 9.17) is 18.9 Å². The number of ether oxygens (including phenoxy) is 4. The third kappa shape index (κ3) is 20.9. The fourth-order valence-electron chi connectivity index (χ4n) is 15.1. The number of piperidine rings is 4. The number of hydrogen-bond donors (Lipinski definition) is 0. The monoisotopic (exact) mass is 1180 g/mol. The molecular formula is C68H124N6O10. The van der Waals surface area contributed by atoms with Crippen LogP contribution in [0.3, 0.4) is 0 Å². The molecule has 16 nitrogen and oxygen atoms in total. The van der Waals surface area contributed by atoms with Crippen LogP contribution in [0, 0.1) is 11.8 Å². The van der Waals surface area contributed by atoms with Crippen LogP contribution in [0.25, 0.3) is 0 Å². The Morgan fingerprint density at radius 3 is 0.940 bits per heavy atom. The minimum atomic E-state index is -0.503. The number of rotatable bonds is 29. The first-order valence-corrected chi connectivity index (χ1v) is 32.9. The van der Waals surface area contributed by atoms with E-state index in [2.05, 4.69) is 172 Å². The molecule has 0 radical (unpaired) electrons. The van der Waals surface area contributed by atoms with Gasteiger partial charge in [0.05, 0.1) is 0 Å². The maximum atomic E-state index is 14.8. The van der Waals surface area contributed by atoms with Gasteiger partial charge in [0.15, 0.2) is 0 Å². The second kappa shape index (κ2) is 29.8. The smallest absolute Gasteiger partial charge is 0.325 e. The molecule has 2 atom stereocenters. The van der Waals surface area contributed by atoms with Crippen molar-refractivity contribution in [2.45, 2.75) is 335 Å². The van der Waals surface area contributed by atoms with E-state index in [1.165, 1.54) is 9.80 Å². The van der Waals surface area contributed by atoms with Crippen LogP contribution in [0.4, 0.5) is 0 Å². The van der Waals surface area contributed by atoms with E-state index in [-0.39, 0.29) is 119 Å². The van der Waals surface area contributed by atoms with Gasteiger partial charge in [-0.1, -0.05) is 78.1 Å². The summed E-state index contributed by atoms with van der Waals surface area (Å²) < 4.78 is 24.5. The summed E-state index contributed by atoms with van der Waals surface area (Å²) in [7, 11) is 8.44. The Morgan fingerprint density at radius 1 is 0.381 bits per heavy atom. The van der Waals surface area contributed by atoms with Gasteiger partial charge in [-0.05, 0) is 164 Å². The summed E-state index contributed by atoms with van der Waals surface area (Å²) in [4.78, 5) is 96.1. The molecule has 486 valence electrons. The summed E-state index contributed by atoms with van der Waals surface area (Å²) in [5, 5.41) is 0. The Balaban J connectivity index is 1.33. The van der Waals surface area contributed by atoms with Gasteiger partial charge in [-0.25, -0.2) is 0 Å². The summed E-state index contributed by atoms with van der Waals surface area (Å²) in [6.07, 6.45) is 16.0. The molecule has 4 saturated heterocycles. The number of carbonyl (C=O) groups is 6. The molecule has 2 amide bonds. The lowest BCUT2D eigenvalue weighted by molar-refractivity contribution is -0.168. The quantitative estimate of drug-likeness (QED) is 0.0395. The van der Waals surface area contributed by atoms with Gasteiger partial charge in [0.1, 0.15) is 50.6 Å². The van der Waals surface area contributed by atoms with Crippen LogP contribution in [-0.2, 0) is 47.7 Å². The second-order valence-corrected chi connectivity index (χ2v) is 31.6. The largest absolute Gasteiger partial charge is 0.461 e. The third-order valence-corrected chi connectivity index (χ3v) is 21.2. The average molecular weight is 1190 g/mol. The molecule has 84 heavy (non-hydrogen) atoms. The zero-order valence-corrected chi connectivity index (χ0v) is 57.6. The van der Waals surface area contributed by atoms with Crippen LogP contribution in [0.15, 0.2) is 0 Å². The van der Waals surface area contributed by atoms with Crippen molar-refractivity contribution in [1.29, 1.82) is 0 Å². The maximum absolute atomic E-state index is 14.8. The number of carbonyl (C=O) groups excluding carboxylic acids is 6. The normalized spacial score (nSPS) is 23.5. The summed E-state index contributed by atoms with van der Waals surface area (Å²) in [5.74, 6) is -2.22. The molecule has 4 aliphatic heterocycles. The Morgan fingerprint density at radius 2 is 0.643 bits per heavy atom. The van der Waals surface area contributed by atoms with Crippen molar-refractivity contribution in [3.05, 3.63) is 0 Å². The highest BCUT2D eigenvalue weighted by Crippen LogP contribution is 2.42.